The third kappa shape index (κ3) is 4.87. The highest BCUT2D eigenvalue weighted by Crippen LogP contribution is 2.22. The zero-order valence-corrected chi connectivity index (χ0v) is 17.5. The zero-order valence-electron chi connectivity index (χ0n) is 17.5. The molecule has 1 N–H and O–H groups in total. The molecule has 30 heavy (non-hydrogen) atoms. The molecule has 3 rings (SSSR count). The van der Waals surface area contributed by atoms with Crippen LogP contribution >= 0.6 is 0 Å². The van der Waals surface area contributed by atoms with Gasteiger partial charge in [0.15, 0.2) is 11.6 Å². The monoisotopic (exact) mass is 413 g/mol. The third-order valence-corrected chi connectivity index (χ3v) is 5.14. The van der Waals surface area contributed by atoms with Crippen molar-refractivity contribution >= 4 is 17.8 Å². The van der Waals surface area contributed by atoms with E-state index in [4.69, 9.17) is 9.15 Å². The Morgan fingerprint density at radius 3 is 2.63 bits per heavy atom. The molecule has 160 valence electrons. The number of carbonyl (C=O) groups is 3. The van der Waals surface area contributed by atoms with E-state index in [1.807, 2.05) is 44.2 Å². The Labute approximate surface area is 175 Å². The lowest BCUT2D eigenvalue weighted by Gasteiger charge is -2.25. The van der Waals surface area contributed by atoms with Crippen LogP contribution in [0.2, 0.25) is 0 Å². The van der Waals surface area contributed by atoms with Gasteiger partial charge in [0.2, 0.25) is 5.91 Å². The first kappa shape index (κ1) is 21.5. The van der Waals surface area contributed by atoms with Gasteiger partial charge < -0.3 is 19.4 Å². The minimum absolute atomic E-state index is 0.0584. The highest BCUT2D eigenvalue weighted by Gasteiger charge is 2.37. The molecule has 0 spiro atoms. The molecule has 2 aromatic rings. The van der Waals surface area contributed by atoms with Gasteiger partial charge in [-0.2, -0.15) is 0 Å². The Morgan fingerprint density at radius 2 is 2.00 bits per heavy atom. The van der Waals surface area contributed by atoms with Crippen LogP contribution in [0.4, 0.5) is 0 Å². The van der Waals surface area contributed by atoms with Crippen LogP contribution < -0.4 is 5.32 Å². The molecule has 1 fully saturated rings. The Bertz CT molecular complexity index is 893. The number of hydrogen-bond donors (Lipinski definition) is 1. The minimum atomic E-state index is -0.831. The zero-order chi connectivity index (χ0) is 21.7. The van der Waals surface area contributed by atoms with E-state index in [-0.39, 0.29) is 23.4 Å². The highest BCUT2D eigenvalue weighted by molar-refractivity contribution is 5.97. The maximum atomic E-state index is 13.0. The number of aromatic nitrogens is 1. The number of esters is 1. The number of oxazole rings is 1. The molecule has 1 aliphatic rings. The number of carbonyl (C=O) groups excluding carboxylic acids is 3. The van der Waals surface area contributed by atoms with Crippen LogP contribution in [-0.4, -0.2) is 53.4 Å². The van der Waals surface area contributed by atoms with Crippen molar-refractivity contribution in [1.29, 1.82) is 0 Å². The maximum Gasteiger partial charge on any atom is 0.328 e. The summed E-state index contributed by atoms with van der Waals surface area (Å²) in [6.45, 7) is 4.29. The molecule has 8 nitrogen and oxygen atoms in total. The SMILES string of the molecule is COC(=O)C(Cc1ccccc1)NC(=O)C1CCCN1C(=O)c1coc(C(C)C)n1. The summed E-state index contributed by atoms with van der Waals surface area (Å²) < 4.78 is 10.2. The molecule has 0 saturated carbocycles. The van der Waals surface area contributed by atoms with Crippen LogP contribution in [0.3, 0.4) is 0 Å². The van der Waals surface area contributed by atoms with E-state index >= 15 is 0 Å². The molecule has 1 saturated heterocycles. The van der Waals surface area contributed by atoms with Crippen LogP contribution in [0.5, 0.6) is 0 Å². The molecule has 8 heteroatoms. The molecule has 0 bridgehead atoms. The number of nitrogens with one attached hydrogen (secondary N) is 1. The fraction of sp³-hybridized carbons (Fsp3) is 0.455. The molecule has 2 atom stereocenters. The summed E-state index contributed by atoms with van der Waals surface area (Å²) in [5.41, 5.74) is 1.09. The number of hydrogen-bond acceptors (Lipinski definition) is 6. The summed E-state index contributed by atoms with van der Waals surface area (Å²) >= 11 is 0. The van der Waals surface area contributed by atoms with Crippen LogP contribution in [-0.2, 0) is 20.7 Å². The smallest absolute Gasteiger partial charge is 0.328 e. The van der Waals surface area contributed by atoms with Gasteiger partial charge in [0, 0.05) is 18.9 Å². The van der Waals surface area contributed by atoms with E-state index < -0.39 is 18.1 Å². The predicted octanol–water partition coefficient (Wildman–Crippen LogP) is 2.30. The second-order valence-electron chi connectivity index (χ2n) is 7.66. The number of nitrogens with zero attached hydrogens (tertiary/aromatic N) is 2. The van der Waals surface area contributed by atoms with Gasteiger partial charge in [-0.25, -0.2) is 9.78 Å². The van der Waals surface area contributed by atoms with Gasteiger partial charge in [-0.1, -0.05) is 44.2 Å². The lowest BCUT2D eigenvalue weighted by atomic mass is 10.1. The first-order chi connectivity index (χ1) is 14.4. The predicted molar refractivity (Wildman–Crippen MR) is 109 cm³/mol. The van der Waals surface area contributed by atoms with Crippen LogP contribution in [0.15, 0.2) is 41.0 Å². The van der Waals surface area contributed by atoms with Crippen molar-refractivity contribution in [1.82, 2.24) is 15.2 Å². The second kappa shape index (κ2) is 9.56. The molecule has 2 amide bonds. The van der Waals surface area contributed by atoms with E-state index in [0.717, 1.165) is 5.56 Å². The van der Waals surface area contributed by atoms with E-state index in [1.54, 1.807) is 0 Å². The Balaban J connectivity index is 1.71. The van der Waals surface area contributed by atoms with Gasteiger partial charge in [-0.15, -0.1) is 0 Å². The fourth-order valence-corrected chi connectivity index (χ4v) is 3.53. The first-order valence-corrected chi connectivity index (χ1v) is 10.1. The molecular weight excluding hydrogens is 386 g/mol. The minimum Gasteiger partial charge on any atom is -0.467 e. The van der Waals surface area contributed by atoms with Crippen LogP contribution in [0.1, 0.15) is 54.5 Å². The Kier molecular flexibility index (Phi) is 6.87. The number of amides is 2. The number of likely N-dealkylation sites (tertiary alicyclic amines) is 1. The number of benzene rings is 1. The Hall–Kier alpha value is -3.16. The summed E-state index contributed by atoms with van der Waals surface area (Å²) in [4.78, 5) is 43.8. The summed E-state index contributed by atoms with van der Waals surface area (Å²) in [5, 5.41) is 2.77. The Morgan fingerprint density at radius 1 is 1.27 bits per heavy atom. The molecule has 1 aromatic heterocycles. The molecule has 1 aromatic carbocycles. The summed E-state index contributed by atoms with van der Waals surface area (Å²) in [6.07, 6.45) is 2.85. The van der Waals surface area contributed by atoms with Crippen molar-refractivity contribution in [3.8, 4) is 0 Å². The average Bonchev–Trinajstić information content (AvgIpc) is 3.43. The van der Waals surface area contributed by atoms with Crippen molar-refractivity contribution in [2.24, 2.45) is 0 Å². The molecule has 0 radical (unpaired) electrons. The maximum absolute atomic E-state index is 13.0. The van der Waals surface area contributed by atoms with Crippen molar-refractivity contribution < 1.29 is 23.5 Å². The summed E-state index contributed by atoms with van der Waals surface area (Å²) in [7, 11) is 1.29. The van der Waals surface area contributed by atoms with E-state index in [0.29, 0.717) is 31.7 Å². The van der Waals surface area contributed by atoms with Crippen LogP contribution in [0, 0.1) is 0 Å². The molecule has 2 heterocycles. The van der Waals surface area contributed by atoms with E-state index in [9.17, 15) is 14.4 Å². The molecule has 2 unspecified atom stereocenters. The van der Waals surface area contributed by atoms with Gasteiger partial charge in [0.1, 0.15) is 18.3 Å². The van der Waals surface area contributed by atoms with E-state index in [2.05, 4.69) is 10.3 Å². The summed E-state index contributed by atoms with van der Waals surface area (Å²) in [5.74, 6) is -0.711. The summed E-state index contributed by atoms with van der Waals surface area (Å²) in [6, 6.07) is 7.88. The van der Waals surface area contributed by atoms with E-state index in [1.165, 1.54) is 18.3 Å². The molecule has 0 aliphatic carbocycles. The van der Waals surface area contributed by atoms with Gasteiger partial charge in [-0.05, 0) is 18.4 Å². The van der Waals surface area contributed by atoms with Crippen molar-refractivity contribution in [3.05, 3.63) is 53.7 Å². The molecular formula is C22H27N3O5. The van der Waals surface area contributed by atoms with Gasteiger partial charge in [0.05, 0.1) is 7.11 Å². The van der Waals surface area contributed by atoms with Crippen molar-refractivity contribution in [2.75, 3.05) is 13.7 Å². The quantitative estimate of drug-likeness (QED) is 0.699. The number of rotatable bonds is 7. The second-order valence-corrected chi connectivity index (χ2v) is 7.66. The average molecular weight is 413 g/mol. The topological polar surface area (TPSA) is 102 Å². The van der Waals surface area contributed by atoms with Crippen molar-refractivity contribution in [2.45, 2.75) is 51.1 Å². The van der Waals surface area contributed by atoms with Gasteiger partial charge in [0.25, 0.3) is 5.91 Å². The largest absolute Gasteiger partial charge is 0.467 e. The van der Waals surface area contributed by atoms with Gasteiger partial charge in [-0.3, -0.25) is 9.59 Å². The first-order valence-electron chi connectivity index (χ1n) is 10.1. The number of methoxy groups -OCH3 is 1. The third-order valence-electron chi connectivity index (χ3n) is 5.14. The highest BCUT2D eigenvalue weighted by atomic mass is 16.5. The molecule has 1 aliphatic heterocycles. The standard InChI is InChI=1S/C22H27N3O5/c1-14(2)20-24-17(13-30-20)21(27)25-11-7-10-18(25)19(26)23-16(22(28)29-3)12-15-8-5-4-6-9-15/h4-6,8-9,13-14,16,18H,7,10-12H2,1-3H3,(H,23,26). The van der Waals surface area contributed by atoms with Gasteiger partial charge >= 0.3 is 5.97 Å². The lowest BCUT2D eigenvalue weighted by molar-refractivity contribution is -0.145. The van der Waals surface area contributed by atoms with Crippen LogP contribution in [0.25, 0.3) is 0 Å². The lowest BCUT2D eigenvalue weighted by Crippen LogP contribution is -2.51. The number of ether oxygens (including phenoxy) is 1. The van der Waals surface area contributed by atoms with Crippen molar-refractivity contribution in [3.63, 3.8) is 0 Å². The fourth-order valence-electron chi connectivity index (χ4n) is 3.53. The normalized spacial score (nSPS) is 17.1.